The third-order valence-corrected chi connectivity index (χ3v) is 20.0. The number of hydrogen-bond donors (Lipinski definition) is 0. The molecule has 10 aromatic carbocycles. The monoisotopic (exact) mass is 1210 g/mol. The Hall–Kier alpha value is -7.94. The average molecular weight is 1210 g/mol. The predicted molar refractivity (Wildman–Crippen MR) is 401 cm³/mol. The van der Waals surface area contributed by atoms with Crippen LogP contribution in [0, 0.1) is 0 Å². The highest BCUT2D eigenvalue weighted by atomic mass is 16.1. The van der Waals surface area contributed by atoms with Crippen LogP contribution >= 0.6 is 0 Å². The summed E-state index contributed by atoms with van der Waals surface area (Å²) in [6.45, 7) is 55.2. The third-order valence-electron chi connectivity index (χ3n) is 20.0. The molecule has 10 aromatic rings. The zero-order valence-corrected chi connectivity index (χ0v) is 59.8. The Morgan fingerprint density at radius 3 is 0.587 bits per heavy atom. The van der Waals surface area contributed by atoms with Gasteiger partial charge in [0, 0.05) is 43.4 Å². The molecule has 0 N–H and O–H groups in total. The molecular formula is C90H98O2. The van der Waals surface area contributed by atoms with Crippen molar-refractivity contribution in [3.63, 3.8) is 0 Å². The summed E-state index contributed by atoms with van der Waals surface area (Å²) in [6.07, 6.45) is 0. The highest BCUT2D eigenvalue weighted by Crippen LogP contribution is 2.52. The van der Waals surface area contributed by atoms with Gasteiger partial charge in [0.25, 0.3) is 0 Å². The molecule has 0 bridgehead atoms. The fourth-order valence-electron chi connectivity index (χ4n) is 13.8. The van der Waals surface area contributed by atoms with Crippen LogP contribution in [0.15, 0.2) is 167 Å². The maximum absolute atomic E-state index is 16.1. The predicted octanol–water partition coefficient (Wildman–Crippen LogP) is 24.8. The molecule has 0 aromatic heterocycles. The summed E-state index contributed by atoms with van der Waals surface area (Å²) in [5.41, 5.74) is 24.1. The minimum Gasteiger partial charge on any atom is -0.289 e. The van der Waals surface area contributed by atoms with Crippen LogP contribution in [0.1, 0.15) is 211 Å². The lowest BCUT2D eigenvalue weighted by atomic mass is 9.76. The van der Waals surface area contributed by atoms with Crippen LogP contribution in [0.25, 0.3) is 121 Å². The third kappa shape index (κ3) is 11.6. The molecule has 0 heterocycles. The molecular weight excluding hydrogens is 1110 g/mol. The van der Waals surface area contributed by atoms with Gasteiger partial charge in [0.15, 0.2) is 10.9 Å². The Morgan fingerprint density at radius 2 is 0.380 bits per heavy atom. The van der Waals surface area contributed by atoms with Gasteiger partial charge in [-0.3, -0.25) is 9.59 Å². The first kappa shape index (κ1) is 64.2. The van der Waals surface area contributed by atoms with Crippen molar-refractivity contribution in [2.24, 2.45) is 0 Å². The van der Waals surface area contributed by atoms with E-state index in [-0.39, 0.29) is 54.2 Å². The number of benzene rings is 12. The molecule has 2 aliphatic rings. The van der Waals surface area contributed by atoms with Crippen LogP contribution in [-0.4, -0.2) is 0 Å². The molecule has 92 heavy (non-hydrogen) atoms. The highest BCUT2D eigenvalue weighted by molar-refractivity contribution is 6.31. The molecule has 0 saturated heterocycles. The van der Waals surface area contributed by atoms with Gasteiger partial charge in [-0.2, -0.15) is 0 Å². The fourth-order valence-corrected chi connectivity index (χ4v) is 13.8. The molecule has 0 saturated carbocycles. The van der Waals surface area contributed by atoms with Crippen LogP contribution in [0.3, 0.4) is 0 Å². The molecule has 0 fully saturated rings. The molecule has 470 valence electrons. The van der Waals surface area contributed by atoms with E-state index < -0.39 is 0 Å². The van der Waals surface area contributed by atoms with E-state index in [1.54, 1.807) is 0 Å². The first-order valence-corrected chi connectivity index (χ1v) is 33.7. The van der Waals surface area contributed by atoms with Gasteiger partial charge < -0.3 is 0 Å². The quantitative estimate of drug-likeness (QED) is 0.123. The summed E-state index contributed by atoms with van der Waals surface area (Å²) in [6, 6.07) is 59.6. The molecule has 0 aliphatic heterocycles. The molecule has 2 aliphatic carbocycles. The van der Waals surface area contributed by atoms with Gasteiger partial charge in [0.05, 0.1) is 0 Å². The summed E-state index contributed by atoms with van der Waals surface area (Å²) in [5.74, 6) is 0. The van der Waals surface area contributed by atoms with Gasteiger partial charge in [-0.1, -0.05) is 275 Å². The molecule has 0 radical (unpaired) electrons. The van der Waals surface area contributed by atoms with E-state index in [1.807, 2.05) is 12.1 Å². The number of hydrogen-bond acceptors (Lipinski definition) is 2. The van der Waals surface area contributed by atoms with Crippen molar-refractivity contribution in [3.05, 3.63) is 223 Å². The summed E-state index contributed by atoms with van der Waals surface area (Å²) in [4.78, 5) is 32.3. The lowest BCUT2D eigenvalue weighted by molar-refractivity contribution is 0.568. The standard InChI is InChI=1S/C90H98O2/c1-83(2,3)61-37-55(38-62(45-61)84(4,5)6)51-31-52(56-39-63(85(7,8)9)46-64(40-56)86(10,11)12)34-59(33-51)73-49-75-79-77-69(73)27-25-29-71(77)82(92)76-50-74(70-28-26-30-72(81(75)91)78(70)80(76)79)60-35-53(57-41-65(87(13,14)15)47-66(42-57)88(16,17)18)32-54(36-60)58-43-67(89(19,20)21)48-68(44-58)90(22,23)24/h25-50H,1-24H3. The van der Waals surface area contributed by atoms with Gasteiger partial charge in [-0.25, -0.2) is 0 Å². The van der Waals surface area contributed by atoms with Gasteiger partial charge in [-0.05, 0) is 214 Å². The minimum atomic E-state index is -0.0964. The highest BCUT2D eigenvalue weighted by Gasteiger charge is 2.32. The van der Waals surface area contributed by atoms with Gasteiger partial charge in [-0.15, -0.1) is 0 Å². The second-order valence-electron chi connectivity index (χ2n) is 35.6. The Morgan fingerprint density at radius 1 is 0.196 bits per heavy atom. The Bertz CT molecular complexity index is 4370. The second kappa shape index (κ2) is 21.3. The molecule has 2 heteroatoms. The van der Waals surface area contributed by atoms with Crippen LogP contribution in [0.5, 0.6) is 0 Å². The van der Waals surface area contributed by atoms with E-state index in [9.17, 15) is 0 Å². The van der Waals surface area contributed by atoms with Crippen LogP contribution < -0.4 is 10.9 Å². The molecule has 12 rings (SSSR count). The summed E-state index contributed by atoms with van der Waals surface area (Å²) in [7, 11) is 0. The summed E-state index contributed by atoms with van der Waals surface area (Å²) < 4.78 is 0. The van der Waals surface area contributed by atoms with E-state index in [0.29, 0.717) is 21.5 Å². The maximum atomic E-state index is 16.1. The normalized spacial score (nSPS) is 13.5. The van der Waals surface area contributed by atoms with Gasteiger partial charge in [0.2, 0.25) is 0 Å². The van der Waals surface area contributed by atoms with Crippen molar-refractivity contribution in [2.75, 3.05) is 0 Å². The van der Waals surface area contributed by atoms with E-state index in [1.165, 1.54) is 44.5 Å². The zero-order chi connectivity index (χ0) is 66.9. The molecule has 0 unspecified atom stereocenters. The van der Waals surface area contributed by atoms with Crippen molar-refractivity contribution < 1.29 is 0 Å². The topological polar surface area (TPSA) is 34.1 Å². The molecule has 0 atom stereocenters. The van der Waals surface area contributed by atoms with Crippen molar-refractivity contribution in [1.29, 1.82) is 0 Å². The van der Waals surface area contributed by atoms with Crippen LogP contribution in [0.2, 0.25) is 0 Å². The molecule has 0 amide bonds. The SMILES string of the molecule is CC(C)(C)c1cc(-c2cc(-c3cc(C(C)(C)C)cc(C(C)(C)C)c3)cc(-c3cc4c5c6c3cccc6c(=O)c3cc(-c6cc(-c7cc(C(C)(C)C)cc(C(C)(C)C)c7)cc(-c7cc(C(C)(C)C)cc(C(C)(C)C)c7)c6)c6cccc(c4=O)c6c3-5)c2)cc(C(C)(C)C)c1. The van der Waals surface area contributed by atoms with Crippen molar-refractivity contribution in [2.45, 2.75) is 209 Å². The lowest BCUT2D eigenvalue weighted by Gasteiger charge is -2.27. The van der Waals surface area contributed by atoms with E-state index in [4.69, 9.17) is 0 Å². The fraction of sp³-hybridized carbons (Fsp3) is 0.356. The first-order chi connectivity index (χ1) is 42.4. The lowest BCUT2D eigenvalue weighted by Crippen LogP contribution is -2.16. The van der Waals surface area contributed by atoms with E-state index in [2.05, 4.69) is 312 Å². The minimum absolute atomic E-state index is 0.0258. The molecule has 2 nitrogen and oxygen atoms in total. The van der Waals surface area contributed by atoms with E-state index in [0.717, 1.165) is 99.4 Å². The van der Waals surface area contributed by atoms with Gasteiger partial charge in [0.1, 0.15) is 0 Å². The Labute approximate surface area is 549 Å². The Kier molecular flexibility index (Phi) is 14.9. The average Bonchev–Trinajstić information content (AvgIpc) is 0.692. The maximum Gasteiger partial charge on any atom is 0.194 e. The Balaban J connectivity index is 1.17. The molecule has 0 spiro atoms. The van der Waals surface area contributed by atoms with Crippen LogP contribution in [0.4, 0.5) is 0 Å². The van der Waals surface area contributed by atoms with Gasteiger partial charge >= 0.3 is 0 Å². The number of rotatable bonds is 6. The summed E-state index contributed by atoms with van der Waals surface area (Å²) in [5, 5.41) is 6.13. The second-order valence-corrected chi connectivity index (χ2v) is 35.6. The van der Waals surface area contributed by atoms with Crippen molar-refractivity contribution in [1.82, 2.24) is 0 Å². The largest absolute Gasteiger partial charge is 0.289 e. The van der Waals surface area contributed by atoms with E-state index >= 15 is 9.59 Å². The van der Waals surface area contributed by atoms with Crippen molar-refractivity contribution >= 4 is 43.1 Å². The zero-order valence-electron chi connectivity index (χ0n) is 59.8. The smallest absolute Gasteiger partial charge is 0.194 e. The van der Waals surface area contributed by atoms with Crippen molar-refractivity contribution in [3.8, 4) is 77.9 Å². The first-order valence-electron chi connectivity index (χ1n) is 33.7. The summed E-state index contributed by atoms with van der Waals surface area (Å²) >= 11 is 0. The van der Waals surface area contributed by atoms with Crippen LogP contribution in [-0.2, 0) is 43.3 Å².